The highest BCUT2D eigenvalue weighted by molar-refractivity contribution is 7.13. The van der Waals surface area contributed by atoms with Gasteiger partial charge in [0.2, 0.25) is 17.7 Å². The highest BCUT2D eigenvalue weighted by Gasteiger charge is 2.42. The van der Waals surface area contributed by atoms with Crippen molar-refractivity contribution >= 4 is 46.3 Å². The largest absolute Gasteiger partial charge is 0.492 e. The fourth-order valence-corrected chi connectivity index (χ4v) is 8.63. The van der Waals surface area contributed by atoms with Crippen molar-refractivity contribution in [3.63, 3.8) is 0 Å². The maximum atomic E-state index is 13.8. The van der Waals surface area contributed by atoms with Gasteiger partial charge in [-0.15, -0.1) is 11.3 Å². The molecule has 0 saturated carbocycles. The first-order valence-electron chi connectivity index (χ1n) is 22.4. The summed E-state index contributed by atoms with van der Waals surface area (Å²) in [6.45, 7) is 8.40. The molecule has 0 bridgehead atoms. The van der Waals surface area contributed by atoms with Gasteiger partial charge in [0.25, 0.3) is 0 Å². The summed E-state index contributed by atoms with van der Waals surface area (Å²) in [7, 11) is 1.62. The Labute approximate surface area is 392 Å². The minimum Gasteiger partial charge on any atom is -0.492 e. The molecule has 3 N–H and O–H groups in total. The first-order valence-corrected chi connectivity index (χ1v) is 23.3. The van der Waals surface area contributed by atoms with E-state index in [1.165, 1.54) is 26.5 Å². The predicted octanol–water partition coefficient (Wildman–Crippen LogP) is 8.14. The van der Waals surface area contributed by atoms with E-state index in [1.54, 1.807) is 18.4 Å². The molecule has 5 aromatic rings. The van der Waals surface area contributed by atoms with Crippen molar-refractivity contribution in [1.29, 1.82) is 0 Å². The van der Waals surface area contributed by atoms with Gasteiger partial charge in [0.15, 0.2) is 6.61 Å². The molecule has 1 aromatic heterocycles. The third kappa shape index (κ3) is 13.2. The fraction of sp³-hybridized carbons (Fsp3) is 0.340. The lowest BCUT2D eigenvalue weighted by molar-refractivity contribution is -0.142. The molecule has 3 atom stereocenters. The van der Waals surface area contributed by atoms with E-state index in [4.69, 9.17) is 9.47 Å². The van der Waals surface area contributed by atoms with Crippen molar-refractivity contribution in [2.45, 2.75) is 78.1 Å². The first-order chi connectivity index (χ1) is 31.9. The molecule has 66 heavy (non-hydrogen) atoms. The van der Waals surface area contributed by atoms with Crippen molar-refractivity contribution in [3.8, 4) is 28.0 Å². The van der Waals surface area contributed by atoms with E-state index in [-0.39, 0.29) is 69.8 Å². The molecule has 1 aliphatic heterocycles. The zero-order valence-corrected chi connectivity index (χ0v) is 39.1. The van der Waals surface area contributed by atoms with E-state index < -0.39 is 30.2 Å². The molecule has 6 rings (SSSR count). The van der Waals surface area contributed by atoms with Crippen LogP contribution in [-0.2, 0) is 25.7 Å². The molecule has 0 radical (unpaired) electrons. The van der Waals surface area contributed by atoms with Crippen LogP contribution < -0.4 is 15.4 Å². The second-order valence-electron chi connectivity index (χ2n) is 16.5. The summed E-state index contributed by atoms with van der Waals surface area (Å²) in [6, 6.07) is 34.9. The van der Waals surface area contributed by atoms with Crippen molar-refractivity contribution in [2.75, 3.05) is 33.4 Å². The summed E-state index contributed by atoms with van der Waals surface area (Å²) in [4.78, 5) is 60.9. The van der Waals surface area contributed by atoms with Gasteiger partial charge < -0.3 is 35.0 Å². The molecule has 13 heteroatoms. The molecular formula is C53H59N5O7S. The van der Waals surface area contributed by atoms with Gasteiger partial charge in [-0.25, -0.2) is 9.78 Å². The van der Waals surface area contributed by atoms with Gasteiger partial charge in [-0.2, -0.15) is 0 Å². The van der Waals surface area contributed by atoms with Gasteiger partial charge in [-0.1, -0.05) is 130 Å². The van der Waals surface area contributed by atoms with Crippen LogP contribution in [0.25, 0.3) is 21.6 Å². The first kappa shape index (κ1) is 48.7. The van der Waals surface area contributed by atoms with Gasteiger partial charge in [0, 0.05) is 39.4 Å². The number of hydrogen-bond donors (Lipinski definition) is 3. The number of nitrogens with zero attached hydrogens (tertiary/aromatic N) is 3. The molecular weight excluding hydrogens is 851 g/mol. The van der Waals surface area contributed by atoms with Gasteiger partial charge in [0.05, 0.1) is 28.7 Å². The normalized spacial score (nSPS) is 15.2. The highest BCUT2D eigenvalue weighted by atomic mass is 32.1. The Morgan fingerprint density at radius 1 is 0.909 bits per heavy atom. The summed E-state index contributed by atoms with van der Waals surface area (Å²) < 4.78 is 11.3. The number of rotatable bonds is 18. The molecule has 0 aliphatic carbocycles. The zero-order valence-electron chi connectivity index (χ0n) is 38.3. The van der Waals surface area contributed by atoms with Crippen molar-refractivity contribution in [1.82, 2.24) is 25.4 Å². The smallest absolute Gasteiger partial charge is 0.410 e. The number of aliphatic hydroxyl groups excluding tert-OH is 1. The number of likely N-dealkylation sites (tertiary alicyclic amines) is 1. The van der Waals surface area contributed by atoms with Crippen molar-refractivity contribution in [2.24, 2.45) is 5.92 Å². The summed E-state index contributed by atoms with van der Waals surface area (Å²) in [5.41, 5.74) is 10.5. The van der Waals surface area contributed by atoms with E-state index >= 15 is 0 Å². The average molecular weight is 910 g/mol. The maximum absolute atomic E-state index is 13.8. The van der Waals surface area contributed by atoms with Crippen molar-refractivity contribution in [3.05, 3.63) is 143 Å². The Balaban J connectivity index is 0.912. The van der Waals surface area contributed by atoms with Crippen LogP contribution in [0.2, 0.25) is 0 Å². The highest BCUT2D eigenvalue weighted by Crippen LogP contribution is 2.35. The van der Waals surface area contributed by atoms with E-state index in [0.29, 0.717) is 5.75 Å². The van der Waals surface area contributed by atoms with Crippen LogP contribution in [0.3, 0.4) is 0 Å². The topological polar surface area (TPSA) is 150 Å². The number of thiazole rings is 1. The maximum Gasteiger partial charge on any atom is 0.410 e. The number of aliphatic hydroxyl groups is 1. The lowest BCUT2D eigenvalue weighted by atomic mass is 9.88. The van der Waals surface area contributed by atoms with E-state index in [9.17, 15) is 24.3 Å². The number of likely N-dealkylation sites (N-methyl/N-ethyl adjacent to an activating group) is 1. The lowest BCUT2D eigenvalue weighted by Gasteiger charge is -2.30. The zero-order chi connectivity index (χ0) is 47.0. The number of β-amino-alcohol motifs (C(OH)–C–C–N with tert-alkyl or cyclic N) is 1. The van der Waals surface area contributed by atoms with Crippen molar-refractivity contribution < 1.29 is 33.8 Å². The number of amides is 4. The molecule has 4 amide bonds. The molecule has 2 heterocycles. The number of aryl methyl sites for hydroxylation is 1. The number of hydrogen-bond acceptors (Lipinski definition) is 9. The third-order valence-electron chi connectivity index (χ3n) is 11.4. The van der Waals surface area contributed by atoms with Crippen LogP contribution >= 0.6 is 11.3 Å². The van der Waals surface area contributed by atoms with Gasteiger partial charge in [-0.3, -0.25) is 14.4 Å². The van der Waals surface area contributed by atoms with Crippen LogP contribution in [-0.4, -0.2) is 95.2 Å². The lowest BCUT2D eigenvalue weighted by Crippen LogP contribution is -2.55. The second-order valence-corrected chi connectivity index (χ2v) is 17.4. The standard InChI is InChI=1S/C53H59N5O7S/c1-6-45(39-16-10-7-11-17-39)48(40-18-12-8-13-19-40)41-25-27-44(28-26-41)64-31-29-57(5)53(63)65-30-15-9-14-20-47(60)56-49(36(2)3)52(62)58-34-43(59)32-46(58)51(61)54-33-38-21-23-42(24-22-38)50-37(4)55-35-66-50/h7-8,10-13,16-19,21-28,35-36,43,46,49,59H,6,14,20,29-34H2,1-5H3,(H,54,61)(H,56,60)/b48-45-/t43-,46+,49+/m1/s1. The molecule has 12 nitrogen and oxygen atoms in total. The van der Waals surface area contributed by atoms with E-state index in [2.05, 4.69) is 82.9 Å². The van der Waals surface area contributed by atoms with Crippen LogP contribution in [0.4, 0.5) is 4.79 Å². The minimum atomic E-state index is -0.905. The summed E-state index contributed by atoms with van der Waals surface area (Å²) >= 11 is 1.57. The van der Waals surface area contributed by atoms with E-state index in [0.717, 1.165) is 39.2 Å². The Hall–Kier alpha value is -6.75. The quantitative estimate of drug-likeness (QED) is 0.0590. The molecule has 1 aliphatic rings. The number of nitrogens with one attached hydrogen (secondary N) is 2. The molecule has 344 valence electrons. The molecule has 0 spiro atoms. The Bertz CT molecular complexity index is 2500. The number of carbonyl (C=O) groups is 4. The molecule has 1 fully saturated rings. The Kier molecular flexibility index (Phi) is 17.7. The van der Waals surface area contributed by atoms with Crippen LogP contribution in [0, 0.1) is 24.7 Å². The summed E-state index contributed by atoms with van der Waals surface area (Å²) in [5.74, 6) is 4.84. The number of aromatic nitrogens is 1. The number of allylic oxidation sites excluding steroid dienone is 1. The number of carbonyl (C=O) groups excluding carboxylic acids is 4. The molecule has 0 unspecified atom stereocenters. The third-order valence-corrected chi connectivity index (χ3v) is 12.4. The number of benzene rings is 4. The van der Waals surface area contributed by atoms with Crippen LogP contribution in [0.1, 0.15) is 74.4 Å². The predicted molar refractivity (Wildman–Crippen MR) is 259 cm³/mol. The molecule has 1 saturated heterocycles. The summed E-state index contributed by atoms with van der Waals surface area (Å²) in [5, 5.41) is 16.2. The summed E-state index contributed by atoms with van der Waals surface area (Å²) in [6.07, 6.45) is -0.264. The monoisotopic (exact) mass is 909 g/mol. The molecule has 4 aromatic carbocycles. The van der Waals surface area contributed by atoms with Crippen LogP contribution in [0.5, 0.6) is 5.75 Å². The van der Waals surface area contributed by atoms with Gasteiger partial charge in [-0.05, 0) is 70.4 Å². The SMILES string of the molecule is CC/C(=C(\c1ccccc1)c1ccc(OCCN(C)C(=O)OCC#CCCC(=O)N[C@H](C(=O)N2C[C@H](O)C[C@H]2C(=O)NCc2ccc(-c3scnc3C)cc2)C(C)C)cc1)c1ccccc1. The number of ether oxygens (including phenoxy) is 2. The van der Waals surface area contributed by atoms with Gasteiger partial charge in [0.1, 0.15) is 24.4 Å². The van der Waals surface area contributed by atoms with E-state index in [1.807, 2.05) is 86.9 Å². The average Bonchev–Trinajstić information content (AvgIpc) is 3.95. The second kappa shape index (κ2) is 24.0. The Morgan fingerprint density at radius 2 is 1.58 bits per heavy atom. The fourth-order valence-electron chi connectivity index (χ4n) is 7.82. The van der Waals surface area contributed by atoms with Crippen LogP contribution in [0.15, 0.2) is 115 Å². The minimum absolute atomic E-state index is 0.0108. The Morgan fingerprint density at radius 3 is 2.21 bits per heavy atom. The van der Waals surface area contributed by atoms with Gasteiger partial charge >= 0.3 is 6.09 Å².